The molecular formula is C27H23N3O2. The Kier molecular flexibility index (Phi) is 5.15. The van der Waals surface area contributed by atoms with Crippen LogP contribution < -0.4 is 5.56 Å². The Bertz CT molecular complexity index is 1390. The van der Waals surface area contributed by atoms with Gasteiger partial charge in [0.15, 0.2) is 0 Å². The second-order valence-electron chi connectivity index (χ2n) is 7.96. The van der Waals surface area contributed by atoms with E-state index < -0.39 is 0 Å². The number of para-hydroxylation sites is 1. The molecule has 0 atom stereocenters. The molecule has 32 heavy (non-hydrogen) atoms. The van der Waals surface area contributed by atoms with Crippen molar-refractivity contribution in [3.05, 3.63) is 112 Å². The number of fused-ring (bicyclic) bond motifs is 1. The van der Waals surface area contributed by atoms with E-state index in [2.05, 4.69) is 23.2 Å². The van der Waals surface area contributed by atoms with Crippen LogP contribution in [0.4, 0.5) is 0 Å². The smallest absolute Gasteiger partial charge is 0.265 e. The van der Waals surface area contributed by atoms with Crippen molar-refractivity contribution in [1.29, 1.82) is 0 Å². The summed E-state index contributed by atoms with van der Waals surface area (Å²) in [5.41, 5.74) is 4.39. The van der Waals surface area contributed by atoms with Gasteiger partial charge in [-0.05, 0) is 60.9 Å². The zero-order valence-electron chi connectivity index (χ0n) is 17.9. The molecule has 4 aromatic rings. The van der Waals surface area contributed by atoms with E-state index in [-0.39, 0.29) is 11.5 Å². The van der Waals surface area contributed by atoms with E-state index in [9.17, 15) is 9.59 Å². The van der Waals surface area contributed by atoms with Gasteiger partial charge < -0.3 is 4.90 Å². The van der Waals surface area contributed by atoms with Gasteiger partial charge in [-0.15, -0.1) is 0 Å². The number of nitrogens with zero attached hydrogens (tertiary/aromatic N) is 3. The molecule has 1 amide bonds. The molecule has 2 heterocycles. The quantitative estimate of drug-likeness (QED) is 0.485. The van der Waals surface area contributed by atoms with Crippen LogP contribution in [0.5, 0.6) is 0 Å². The SMILES string of the molecule is Cc1nc2ccccc2c(=O)n1-c1ccc(C(=O)N2CC=C(c3ccccc3)CC2)cc1. The van der Waals surface area contributed by atoms with Gasteiger partial charge in [0.1, 0.15) is 5.82 Å². The number of carbonyl (C=O) groups is 1. The number of hydrogen-bond donors (Lipinski definition) is 0. The molecule has 3 aromatic carbocycles. The normalized spacial score (nSPS) is 13.8. The fourth-order valence-corrected chi connectivity index (χ4v) is 4.25. The Balaban J connectivity index is 1.38. The summed E-state index contributed by atoms with van der Waals surface area (Å²) in [4.78, 5) is 32.4. The number of aromatic nitrogens is 2. The molecule has 1 aliphatic rings. The molecule has 0 radical (unpaired) electrons. The van der Waals surface area contributed by atoms with Crippen LogP contribution in [-0.4, -0.2) is 33.4 Å². The van der Waals surface area contributed by atoms with Crippen LogP contribution in [0.25, 0.3) is 22.2 Å². The first-order valence-electron chi connectivity index (χ1n) is 10.7. The van der Waals surface area contributed by atoms with Crippen LogP contribution >= 0.6 is 0 Å². The molecule has 158 valence electrons. The summed E-state index contributed by atoms with van der Waals surface area (Å²) in [6.07, 6.45) is 2.97. The maximum absolute atomic E-state index is 13.0. The lowest BCUT2D eigenvalue weighted by Gasteiger charge is -2.27. The third-order valence-electron chi connectivity index (χ3n) is 5.96. The first-order valence-corrected chi connectivity index (χ1v) is 10.7. The molecule has 5 rings (SSSR count). The Morgan fingerprint density at radius 3 is 2.34 bits per heavy atom. The van der Waals surface area contributed by atoms with Crippen molar-refractivity contribution in [1.82, 2.24) is 14.5 Å². The van der Waals surface area contributed by atoms with Crippen molar-refractivity contribution in [3.63, 3.8) is 0 Å². The molecule has 0 spiro atoms. The molecule has 0 aliphatic carbocycles. The molecule has 1 aliphatic heterocycles. The highest BCUT2D eigenvalue weighted by atomic mass is 16.2. The summed E-state index contributed by atoms with van der Waals surface area (Å²) >= 11 is 0. The third-order valence-corrected chi connectivity index (χ3v) is 5.96. The average Bonchev–Trinajstić information content (AvgIpc) is 2.85. The van der Waals surface area contributed by atoms with Gasteiger partial charge in [0.25, 0.3) is 11.5 Å². The summed E-state index contributed by atoms with van der Waals surface area (Å²) in [5.74, 6) is 0.614. The largest absolute Gasteiger partial charge is 0.335 e. The van der Waals surface area contributed by atoms with Gasteiger partial charge >= 0.3 is 0 Å². The lowest BCUT2D eigenvalue weighted by atomic mass is 9.99. The molecular weight excluding hydrogens is 398 g/mol. The molecule has 0 unspecified atom stereocenters. The first-order chi connectivity index (χ1) is 15.6. The van der Waals surface area contributed by atoms with Crippen molar-refractivity contribution < 1.29 is 4.79 Å². The lowest BCUT2D eigenvalue weighted by molar-refractivity contribution is 0.0773. The molecule has 1 aromatic heterocycles. The highest BCUT2D eigenvalue weighted by Gasteiger charge is 2.19. The van der Waals surface area contributed by atoms with Gasteiger partial charge in [-0.3, -0.25) is 14.2 Å². The van der Waals surface area contributed by atoms with Gasteiger partial charge in [0, 0.05) is 18.7 Å². The van der Waals surface area contributed by atoms with Crippen molar-refractivity contribution in [2.45, 2.75) is 13.3 Å². The predicted octanol–water partition coefficient (Wildman–Crippen LogP) is 4.62. The maximum Gasteiger partial charge on any atom is 0.265 e. The van der Waals surface area contributed by atoms with E-state index in [1.807, 2.05) is 60.4 Å². The Morgan fingerprint density at radius 1 is 0.906 bits per heavy atom. The average molecular weight is 422 g/mol. The monoisotopic (exact) mass is 421 g/mol. The van der Waals surface area contributed by atoms with Crippen molar-refractivity contribution in [2.24, 2.45) is 0 Å². The van der Waals surface area contributed by atoms with E-state index in [1.165, 1.54) is 11.1 Å². The van der Waals surface area contributed by atoms with E-state index in [0.717, 1.165) is 6.42 Å². The summed E-state index contributed by atoms with van der Waals surface area (Å²) in [5, 5.41) is 0.576. The molecule has 0 saturated heterocycles. The van der Waals surface area contributed by atoms with Crippen LogP contribution in [0.1, 0.15) is 28.2 Å². The van der Waals surface area contributed by atoms with Gasteiger partial charge in [-0.1, -0.05) is 48.5 Å². The van der Waals surface area contributed by atoms with Crippen molar-refractivity contribution in [3.8, 4) is 5.69 Å². The van der Waals surface area contributed by atoms with Crippen LogP contribution in [-0.2, 0) is 0 Å². The molecule has 0 bridgehead atoms. The van der Waals surface area contributed by atoms with E-state index >= 15 is 0 Å². The minimum Gasteiger partial charge on any atom is -0.335 e. The number of rotatable bonds is 3. The second-order valence-corrected chi connectivity index (χ2v) is 7.96. The first kappa shape index (κ1) is 19.9. The number of amides is 1. The lowest BCUT2D eigenvalue weighted by Crippen LogP contribution is -2.34. The van der Waals surface area contributed by atoms with E-state index in [4.69, 9.17) is 0 Å². The number of benzene rings is 3. The van der Waals surface area contributed by atoms with E-state index in [0.29, 0.717) is 41.1 Å². The summed E-state index contributed by atoms with van der Waals surface area (Å²) in [6.45, 7) is 3.10. The van der Waals surface area contributed by atoms with Crippen molar-refractivity contribution >= 4 is 22.4 Å². The summed E-state index contributed by atoms with van der Waals surface area (Å²) < 4.78 is 1.59. The second kappa shape index (κ2) is 8.27. The minimum absolute atomic E-state index is 0.000571. The van der Waals surface area contributed by atoms with Crippen LogP contribution in [0.2, 0.25) is 0 Å². The number of carbonyl (C=O) groups excluding carboxylic acids is 1. The fraction of sp³-hybridized carbons (Fsp3) is 0.148. The summed E-state index contributed by atoms with van der Waals surface area (Å²) in [7, 11) is 0. The Hall–Kier alpha value is -3.99. The van der Waals surface area contributed by atoms with Crippen LogP contribution in [0.3, 0.4) is 0 Å². The van der Waals surface area contributed by atoms with Gasteiger partial charge in [-0.2, -0.15) is 0 Å². The van der Waals surface area contributed by atoms with E-state index in [1.54, 1.807) is 22.8 Å². The number of hydrogen-bond acceptors (Lipinski definition) is 3. The molecule has 0 N–H and O–H groups in total. The standard InChI is InChI=1S/C27H23N3O2/c1-19-28-25-10-6-5-9-24(25)27(32)30(19)23-13-11-22(12-14-23)26(31)29-17-15-21(16-18-29)20-7-3-2-4-8-20/h2-15H,16-18H2,1H3. The topological polar surface area (TPSA) is 55.2 Å². The molecule has 0 saturated carbocycles. The number of aryl methyl sites for hydroxylation is 1. The Morgan fingerprint density at radius 2 is 1.62 bits per heavy atom. The maximum atomic E-state index is 13.0. The molecule has 0 fully saturated rings. The summed E-state index contributed by atoms with van der Waals surface area (Å²) in [6, 6.07) is 24.8. The highest BCUT2D eigenvalue weighted by molar-refractivity contribution is 5.95. The van der Waals surface area contributed by atoms with Gasteiger partial charge in [0.05, 0.1) is 16.6 Å². The van der Waals surface area contributed by atoms with Crippen LogP contribution in [0, 0.1) is 6.92 Å². The zero-order valence-corrected chi connectivity index (χ0v) is 17.9. The molecule has 5 nitrogen and oxygen atoms in total. The highest BCUT2D eigenvalue weighted by Crippen LogP contribution is 2.23. The minimum atomic E-state index is -0.109. The Labute approximate surface area is 186 Å². The van der Waals surface area contributed by atoms with Gasteiger partial charge in [-0.25, -0.2) is 4.98 Å². The van der Waals surface area contributed by atoms with Crippen LogP contribution in [0.15, 0.2) is 89.7 Å². The van der Waals surface area contributed by atoms with Crippen molar-refractivity contribution in [2.75, 3.05) is 13.1 Å². The molecule has 5 heteroatoms. The third kappa shape index (κ3) is 3.62. The predicted molar refractivity (Wildman–Crippen MR) is 127 cm³/mol. The zero-order chi connectivity index (χ0) is 22.1. The van der Waals surface area contributed by atoms with Gasteiger partial charge in [0.2, 0.25) is 0 Å². The fourth-order valence-electron chi connectivity index (χ4n) is 4.25.